The second-order valence-corrected chi connectivity index (χ2v) is 4.93. The lowest BCUT2D eigenvalue weighted by atomic mass is 9.78. The van der Waals surface area contributed by atoms with Gasteiger partial charge in [0.25, 0.3) is 0 Å². The largest absolute Gasteiger partial charge is 0.496 e. The first-order chi connectivity index (χ1) is 7.04. The predicted octanol–water partition coefficient (Wildman–Crippen LogP) is 3.10. The van der Waals surface area contributed by atoms with Gasteiger partial charge >= 0.3 is 0 Å². The molecule has 0 saturated heterocycles. The number of aryl methyl sites for hydroxylation is 1. The highest BCUT2D eigenvalue weighted by Crippen LogP contribution is 2.39. The molecule has 2 nitrogen and oxygen atoms in total. The van der Waals surface area contributed by atoms with E-state index in [2.05, 4.69) is 38.2 Å². The first-order valence-electron chi connectivity index (χ1n) is 5.47. The smallest absolute Gasteiger partial charge is 0.122 e. The normalized spacial score (nSPS) is 17.9. The van der Waals surface area contributed by atoms with E-state index in [-0.39, 0.29) is 5.41 Å². The minimum Gasteiger partial charge on any atom is -0.496 e. The highest BCUT2D eigenvalue weighted by molar-refractivity contribution is 5.61. The molecule has 0 saturated carbocycles. The molecule has 2 rings (SSSR count). The third kappa shape index (κ3) is 1.69. The average Bonchev–Trinajstić information content (AvgIpc) is 2.16. The topological polar surface area (TPSA) is 21.3 Å². The van der Waals surface area contributed by atoms with Crippen LogP contribution >= 0.6 is 0 Å². The molecule has 0 unspecified atom stereocenters. The molecule has 0 radical (unpaired) electrons. The van der Waals surface area contributed by atoms with Crippen LogP contribution in [0.3, 0.4) is 0 Å². The number of ether oxygens (including phenoxy) is 1. The van der Waals surface area contributed by atoms with Crippen molar-refractivity contribution in [2.24, 2.45) is 0 Å². The fourth-order valence-electron chi connectivity index (χ4n) is 2.26. The van der Waals surface area contributed by atoms with E-state index in [1.54, 1.807) is 7.11 Å². The summed E-state index contributed by atoms with van der Waals surface area (Å²) in [6.07, 6.45) is 1.17. The monoisotopic (exact) mass is 205 g/mol. The number of rotatable bonds is 1. The molecule has 2 heteroatoms. The number of benzene rings is 1. The van der Waals surface area contributed by atoms with Gasteiger partial charge in [-0.1, -0.05) is 13.8 Å². The molecule has 82 valence electrons. The van der Waals surface area contributed by atoms with Gasteiger partial charge in [0.1, 0.15) is 5.75 Å². The van der Waals surface area contributed by atoms with Crippen molar-refractivity contribution in [2.75, 3.05) is 19.0 Å². The molecule has 0 amide bonds. The summed E-state index contributed by atoms with van der Waals surface area (Å²) in [5, 5.41) is 3.45. The van der Waals surface area contributed by atoms with E-state index in [0.29, 0.717) is 0 Å². The summed E-state index contributed by atoms with van der Waals surface area (Å²) in [6, 6.07) is 4.37. The SMILES string of the molecule is COc1cc2c(cc1C)NCCC2(C)C. The second-order valence-electron chi connectivity index (χ2n) is 4.93. The maximum Gasteiger partial charge on any atom is 0.122 e. The lowest BCUT2D eigenvalue weighted by Crippen LogP contribution is -2.28. The van der Waals surface area contributed by atoms with Crippen molar-refractivity contribution in [2.45, 2.75) is 32.6 Å². The van der Waals surface area contributed by atoms with Gasteiger partial charge in [0.2, 0.25) is 0 Å². The second kappa shape index (κ2) is 3.44. The zero-order valence-corrected chi connectivity index (χ0v) is 9.98. The number of hydrogen-bond acceptors (Lipinski definition) is 2. The van der Waals surface area contributed by atoms with Gasteiger partial charge < -0.3 is 10.1 Å². The summed E-state index contributed by atoms with van der Waals surface area (Å²) >= 11 is 0. The molecule has 1 aliphatic heterocycles. The fourth-order valence-corrected chi connectivity index (χ4v) is 2.26. The summed E-state index contributed by atoms with van der Waals surface area (Å²) in [6.45, 7) is 7.73. The Morgan fingerprint density at radius 3 is 2.73 bits per heavy atom. The molecule has 1 aliphatic rings. The van der Waals surface area contributed by atoms with Gasteiger partial charge in [-0.15, -0.1) is 0 Å². The van der Waals surface area contributed by atoms with Crippen LogP contribution in [0.15, 0.2) is 12.1 Å². The number of anilines is 1. The average molecular weight is 205 g/mol. The van der Waals surface area contributed by atoms with Gasteiger partial charge in [-0.05, 0) is 42.0 Å². The molecule has 0 spiro atoms. The molecule has 0 atom stereocenters. The van der Waals surface area contributed by atoms with Gasteiger partial charge in [-0.2, -0.15) is 0 Å². The van der Waals surface area contributed by atoms with Crippen LogP contribution < -0.4 is 10.1 Å². The summed E-state index contributed by atoms with van der Waals surface area (Å²) < 4.78 is 5.38. The standard InChI is InChI=1S/C13H19NO/c1-9-7-11-10(8-12(9)15-4)13(2,3)5-6-14-11/h7-8,14H,5-6H2,1-4H3. The third-order valence-corrected chi connectivity index (χ3v) is 3.33. The number of nitrogens with one attached hydrogen (secondary N) is 1. The lowest BCUT2D eigenvalue weighted by Gasteiger charge is -2.34. The first kappa shape index (κ1) is 10.3. The highest BCUT2D eigenvalue weighted by Gasteiger charge is 2.28. The van der Waals surface area contributed by atoms with Gasteiger partial charge in [-0.3, -0.25) is 0 Å². The van der Waals surface area contributed by atoms with Crippen molar-refractivity contribution >= 4 is 5.69 Å². The molecule has 1 aromatic carbocycles. The molecule has 1 aromatic rings. The lowest BCUT2D eigenvalue weighted by molar-refractivity contribution is 0.407. The van der Waals surface area contributed by atoms with Gasteiger partial charge in [-0.25, -0.2) is 0 Å². The molecular formula is C13H19NO. The summed E-state index contributed by atoms with van der Waals surface area (Å²) in [4.78, 5) is 0. The fraction of sp³-hybridized carbons (Fsp3) is 0.538. The molecule has 1 heterocycles. The minimum atomic E-state index is 0.252. The highest BCUT2D eigenvalue weighted by atomic mass is 16.5. The Bertz CT molecular complexity index is 382. The molecule has 15 heavy (non-hydrogen) atoms. The maximum atomic E-state index is 5.38. The molecule has 0 bridgehead atoms. The minimum absolute atomic E-state index is 0.252. The quantitative estimate of drug-likeness (QED) is 0.760. The summed E-state index contributed by atoms with van der Waals surface area (Å²) in [5.41, 5.74) is 4.09. The Morgan fingerprint density at radius 1 is 1.33 bits per heavy atom. The van der Waals surface area contributed by atoms with E-state index in [4.69, 9.17) is 4.74 Å². The van der Waals surface area contributed by atoms with Crippen molar-refractivity contribution in [1.82, 2.24) is 0 Å². The zero-order valence-electron chi connectivity index (χ0n) is 9.98. The van der Waals surface area contributed by atoms with Gasteiger partial charge in [0.15, 0.2) is 0 Å². The molecular weight excluding hydrogens is 186 g/mol. The van der Waals surface area contributed by atoms with Crippen LogP contribution in [0.1, 0.15) is 31.4 Å². The molecule has 1 N–H and O–H groups in total. The predicted molar refractivity (Wildman–Crippen MR) is 63.9 cm³/mol. The van der Waals surface area contributed by atoms with E-state index in [1.807, 2.05) is 0 Å². The van der Waals surface area contributed by atoms with Crippen molar-refractivity contribution < 1.29 is 4.74 Å². The molecule has 0 fully saturated rings. The molecule has 0 aliphatic carbocycles. The maximum absolute atomic E-state index is 5.38. The third-order valence-electron chi connectivity index (χ3n) is 3.33. The first-order valence-corrected chi connectivity index (χ1v) is 5.47. The van der Waals surface area contributed by atoms with E-state index < -0.39 is 0 Å². The van der Waals surface area contributed by atoms with Crippen LogP contribution in [-0.4, -0.2) is 13.7 Å². The summed E-state index contributed by atoms with van der Waals surface area (Å²) in [7, 11) is 1.73. The van der Waals surface area contributed by atoms with Crippen LogP contribution in [0.5, 0.6) is 5.75 Å². The Morgan fingerprint density at radius 2 is 2.07 bits per heavy atom. The van der Waals surface area contributed by atoms with Crippen molar-refractivity contribution in [1.29, 1.82) is 0 Å². The van der Waals surface area contributed by atoms with E-state index in [9.17, 15) is 0 Å². The van der Waals surface area contributed by atoms with Crippen LogP contribution in [0, 0.1) is 6.92 Å². The van der Waals surface area contributed by atoms with Crippen LogP contribution in [0.25, 0.3) is 0 Å². The van der Waals surface area contributed by atoms with Crippen LogP contribution in [0.2, 0.25) is 0 Å². The number of fused-ring (bicyclic) bond motifs is 1. The summed E-state index contributed by atoms with van der Waals surface area (Å²) in [5.74, 6) is 0.991. The van der Waals surface area contributed by atoms with Crippen LogP contribution in [0.4, 0.5) is 5.69 Å². The Kier molecular flexibility index (Phi) is 2.37. The molecule has 0 aromatic heterocycles. The van der Waals surface area contributed by atoms with Crippen LogP contribution in [-0.2, 0) is 5.41 Å². The van der Waals surface area contributed by atoms with Crippen molar-refractivity contribution in [3.8, 4) is 5.75 Å². The van der Waals surface area contributed by atoms with E-state index in [0.717, 1.165) is 12.3 Å². The number of methoxy groups -OCH3 is 1. The zero-order chi connectivity index (χ0) is 11.1. The van der Waals surface area contributed by atoms with E-state index in [1.165, 1.54) is 23.2 Å². The Hall–Kier alpha value is -1.18. The van der Waals surface area contributed by atoms with E-state index >= 15 is 0 Å². The number of hydrogen-bond donors (Lipinski definition) is 1. The van der Waals surface area contributed by atoms with Gasteiger partial charge in [0.05, 0.1) is 7.11 Å². The Balaban J connectivity index is 2.56. The Labute approximate surface area is 91.6 Å². The van der Waals surface area contributed by atoms with Gasteiger partial charge in [0, 0.05) is 12.2 Å². The van der Waals surface area contributed by atoms with Crippen molar-refractivity contribution in [3.63, 3.8) is 0 Å². The van der Waals surface area contributed by atoms with Crippen molar-refractivity contribution in [3.05, 3.63) is 23.3 Å².